The molecule has 0 N–H and O–H groups in total. The number of aryl methyl sites for hydroxylation is 9. The second-order valence-corrected chi connectivity index (χ2v) is 16.7. The number of aromatic nitrogens is 8. The van der Waals surface area contributed by atoms with Crippen LogP contribution in [0.4, 0.5) is 0 Å². The summed E-state index contributed by atoms with van der Waals surface area (Å²) < 4.78 is 7.99. The van der Waals surface area contributed by atoms with Crippen molar-refractivity contribution in [2.75, 3.05) is 0 Å². The first-order valence-electron chi connectivity index (χ1n) is 20.7. The zero-order valence-electron chi connectivity index (χ0n) is 37.4. The predicted octanol–water partition coefficient (Wildman–Crippen LogP) is 11.7. The van der Waals surface area contributed by atoms with Crippen LogP contribution in [0.15, 0.2) is 123 Å². The molecule has 10 heteroatoms. The lowest BCUT2D eigenvalue weighted by molar-refractivity contribution is 0.760. The van der Waals surface area contributed by atoms with E-state index in [0.29, 0.717) is 16.5 Å². The van der Waals surface area contributed by atoms with E-state index in [1.807, 2.05) is 78.2 Å². The van der Waals surface area contributed by atoms with Gasteiger partial charge in [0.2, 0.25) is 0 Å². The maximum absolute atomic E-state index is 6.07. The molecule has 0 radical (unpaired) electrons. The normalized spacial score (nSPS) is 10.6. The number of hydrogen-bond acceptors (Lipinski definition) is 4. The van der Waals surface area contributed by atoms with Crippen molar-refractivity contribution in [2.45, 2.75) is 80.7 Å². The van der Waals surface area contributed by atoms with E-state index in [4.69, 9.17) is 23.2 Å². The Balaban J connectivity index is 0.000000154. The number of halogens is 2. The van der Waals surface area contributed by atoms with Crippen LogP contribution in [0.25, 0.3) is 0 Å². The lowest BCUT2D eigenvalue weighted by Gasteiger charge is -2.07. The van der Waals surface area contributed by atoms with Crippen molar-refractivity contribution in [3.63, 3.8) is 0 Å². The first kappa shape index (κ1) is 46.4. The Bertz CT molecular complexity index is 2540. The number of imidazole rings is 4. The summed E-state index contributed by atoms with van der Waals surface area (Å²) in [6.45, 7) is 16.0. The minimum absolute atomic E-state index is 0.666. The Morgan fingerprint density at radius 3 is 1.44 bits per heavy atom. The van der Waals surface area contributed by atoms with Gasteiger partial charge in [-0.3, -0.25) is 0 Å². The summed E-state index contributed by atoms with van der Waals surface area (Å²) in [6.07, 6.45) is 19.0. The molecule has 0 saturated heterocycles. The highest BCUT2D eigenvalue weighted by Gasteiger charge is 2.09. The topological polar surface area (TPSA) is 71.3 Å². The maximum atomic E-state index is 6.07. The van der Waals surface area contributed by atoms with Gasteiger partial charge in [0.25, 0.3) is 0 Å². The van der Waals surface area contributed by atoms with Crippen molar-refractivity contribution in [1.82, 2.24) is 38.2 Å². The first-order valence-corrected chi connectivity index (χ1v) is 21.4. The van der Waals surface area contributed by atoms with Crippen LogP contribution >= 0.6 is 23.2 Å². The average molecular weight is 856 g/mol. The van der Waals surface area contributed by atoms with Gasteiger partial charge >= 0.3 is 0 Å². The molecule has 8 aromatic rings. The van der Waals surface area contributed by atoms with Crippen LogP contribution in [0.5, 0.6) is 0 Å². The van der Waals surface area contributed by atoms with E-state index in [1.165, 1.54) is 50.1 Å². The Kier molecular flexibility index (Phi) is 16.9. The van der Waals surface area contributed by atoms with E-state index in [1.54, 1.807) is 6.33 Å². The standard InChI is InChI=1S/C14H18N2.2C13H16N2.C11H10Cl2N2/c1-4-16-9-13(15-10-16)8-14-11(2)6-5-7-12(14)3;1-10-4-5-11(2)12(6-10)7-13-8-15(3)9-14-13;1-10-5-4-6-12(11(10)2)7-13-8-15(3)9-14-13;1-15-6-8(14-7-15)5-9-10(12)3-2-4-11(9)13/h5-7,9-10H,4,8H2,1-3H3;2*4-6,8-9H,7H2,1-3H3;2-4,6-7H,5H2,1H3. The maximum Gasteiger partial charge on any atom is 0.0949 e. The lowest BCUT2D eigenvalue weighted by atomic mass is 9.99. The lowest BCUT2D eigenvalue weighted by Crippen LogP contribution is -1.95. The zero-order chi connectivity index (χ0) is 44.1. The van der Waals surface area contributed by atoms with Crippen LogP contribution in [0.3, 0.4) is 0 Å². The van der Waals surface area contributed by atoms with Gasteiger partial charge in [-0.1, -0.05) is 89.4 Å². The number of rotatable bonds is 9. The fraction of sp³-hybridized carbons (Fsp3) is 0.294. The smallest absolute Gasteiger partial charge is 0.0949 e. The molecule has 4 aromatic carbocycles. The van der Waals surface area contributed by atoms with Crippen molar-refractivity contribution < 1.29 is 0 Å². The summed E-state index contributed by atoms with van der Waals surface area (Å²) in [5, 5.41) is 1.38. The summed E-state index contributed by atoms with van der Waals surface area (Å²) in [7, 11) is 5.93. The fourth-order valence-electron chi connectivity index (χ4n) is 6.92. The molecule has 4 aromatic heterocycles. The van der Waals surface area contributed by atoms with Crippen LogP contribution in [0, 0.1) is 41.5 Å². The third-order valence-corrected chi connectivity index (χ3v) is 11.4. The highest BCUT2D eigenvalue weighted by atomic mass is 35.5. The SMILES string of the molecule is CCn1cnc(Cc2c(C)cccc2C)c1.Cc1ccc(C)c(Cc2cn(C)cn2)c1.Cc1cccc(Cc2cn(C)cn2)c1C.Cn1cnc(Cc2c(Cl)cccc2Cl)c1. The zero-order valence-corrected chi connectivity index (χ0v) is 38.9. The summed E-state index contributed by atoms with van der Waals surface area (Å²) in [6, 6.07) is 25.0. The average Bonchev–Trinajstić information content (AvgIpc) is 4.05. The fourth-order valence-corrected chi connectivity index (χ4v) is 7.45. The molecule has 8 nitrogen and oxygen atoms in total. The highest BCUT2D eigenvalue weighted by Crippen LogP contribution is 2.26. The summed E-state index contributed by atoms with van der Waals surface area (Å²) >= 11 is 12.1. The quantitative estimate of drug-likeness (QED) is 0.145. The van der Waals surface area contributed by atoms with Crippen molar-refractivity contribution in [3.8, 4) is 0 Å². The second-order valence-electron chi connectivity index (χ2n) is 15.9. The molecule has 0 bridgehead atoms. The van der Waals surface area contributed by atoms with E-state index >= 15 is 0 Å². The van der Waals surface area contributed by atoms with Crippen molar-refractivity contribution in [2.24, 2.45) is 21.1 Å². The minimum atomic E-state index is 0.666. The van der Waals surface area contributed by atoms with Gasteiger partial charge in [-0.15, -0.1) is 0 Å². The van der Waals surface area contributed by atoms with E-state index in [2.05, 4.69) is 146 Å². The molecule has 0 spiro atoms. The first-order chi connectivity index (χ1) is 29.2. The summed E-state index contributed by atoms with van der Waals surface area (Å²) in [5.41, 5.74) is 17.5. The van der Waals surface area contributed by atoms with Crippen LogP contribution in [-0.2, 0) is 53.4 Å². The second kappa shape index (κ2) is 22.2. The number of benzene rings is 4. The van der Waals surface area contributed by atoms with Crippen LogP contribution < -0.4 is 0 Å². The third-order valence-electron chi connectivity index (χ3n) is 10.7. The Labute approximate surface area is 372 Å². The molecule has 0 amide bonds. The monoisotopic (exact) mass is 854 g/mol. The molecular formula is C51H60Cl2N8. The molecule has 0 fully saturated rings. The van der Waals surface area contributed by atoms with Gasteiger partial charge in [-0.25, -0.2) is 19.9 Å². The molecule has 4 heterocycles. The summed E-state index contributed by atoms with van der Waals surface area (Å²) in [4.78, 5) is 17.4. The van der Waals surface area contributed by atoms with Gasteiger partial charge in [0.1, 0.15) is 0 Å². The number of nitrogens with zero attached hydrogens (tertiary/aromatic N) is 8. The van der Waals surface area contributed by atoms with Gasteiger partial charge in [0, 0.05) is 88.2 Å². The van der Waals surface area contributed by atoms with Crippen LogP contribution in [-0.4, -0.2) is 38.2 Å². The van der Waals surface area contributed by atoms with Gasteiger partial charge in [-0.2, -0.15) is 0 Å². The third kappa shape index (κ3) is 13.9. The van der Waals surface area contributed by atoms with Crippen molar-refractivity contribution >= 4 is 23.2 Å². The molecule has 0 atom stereocenters. The molecule has 0 aliphatic carbocycles. The van der Waals surface area contributed by atoms with Crippen LogP contribution in [0.1, 0.15) is 85.3 Å². The predicted molar refractivity (Wildman–Crippen MR) is 253 cm³/mol. The molecule has 318 valence electrons. The Morgan fingerprint density at radius 1 is 0.459 bits per heavy atom. The van der Waals surface area contributed by atoms with E-state index in [-0.39, 0.29) is 0 Å². The largest absolute Gasteiger partial charge is 0.340 e. The summed E-state index contributed by atoms with van der Waals surface area (Å²) in [5.74, 6) is 0. The Morgan fingerprint density at radius 2 is 0.918 bits per heavy atom. The Hall–Kier alpha value is -5.70. The molecule has 0 unspecified atom stereocenters. The van der Waals surface area contributed by atoms with Gasteiger partial charge in [0.15, 0.2) is 0 Å². The minimum Gasteiger partial charge on any atom is -0.340 e. The molecule has 0 aliphatic rings. The van der Waals surface area contributed by atoms with Crippen molar-refractivity contribution in [3.05, 3.63) is 211 Å². The molecule has 0 aliphatic heterocycles. The van der Waals surface area contributed by atoms with E-state index < -0.39 is 0 Å². The molecular weight excluding hydrogens is 796 g/mol. The molecule has 0 saturated carbocycles. The van der Waals surface area contributed by atoms with Crippen molar-refractivity contribution in [1.29, 1.82) is 0 Å². The molecule has 61 heavy (non-hydrogen) atoms. The van der Waals surface area contributed by atoms with Gasteiger partial charge in [-0.05, 0) is 111 Å². The van der Waals surface area contributed by atoms with E-state index in [9.17, 15) is 0 Å². The number of hydrogen-bond donors (Lipinski definition) is 0. The van der Waals surface area contributed by atoms with Gasteiger partial charge < -0.3 is 18.3 Å². The van der Waals surface area contributed by atoms with Gasteiger partial charge in [0.05, 0.1) is 48.1 Å². The van der Waals surface area contributed by atoms with E-state index in [0.717, 1.165) is 54.1 Å². The molecule has 8 rings (SSSR count). The van der Waals surface area contributed by atoms with Crippen LogP contribution in [0.2, 0.25) is 10.0 Å². The highest BCUT2D eigenvalue weighted by molar-refractivity contribution is 6.36.